The van der Waals surface area contributed by atoms with Crippen molar-refractivity contribution in [2.45, 2.75) is 20.3 Å². The Morgan fingerprint density at radius 2 is 1.83 bits per heavy atom. The van der Waals surface area contributed by atoms with Crippen LogP contribution in [0.25, 0.3) is 0 Å². The van der Waals surface area contributed by atoms with E-state index in [2.05, 4.69) is 53.6 Å². The molecule has 100 valence electrons. The van der Waals surface area contributed by atoms with Crippen LogP contribution in [0.3, 0.4) is 0 Å². The number of hydrogen-bond acceptors (Lipinski definition) is 3. The molecule has 3 heteroatoms. The van der Waals surface area contributed by atoms with E-state index in [1.165, 1.54) is 11.3 Å². The molecule has 2 N–H and O–H groups in total. The third-order valence-electron chi connectivity index (χ3n) is 3.31. The van der Waals surface area contributed by atoms with E-state index in [1.54, 1.807) is 0 Å². The van der Waals surface area contributed by atoms with Crippen LogP contribution in [0, 0.1) is 5.92 Å². The second kappa shape index (κ2) is 6.76. The fourth-order valence-electron chi connectivity index (χ4n) is 2.30. The van der Waals surface area contributed by atoms with Crippen LogP contribution in [0.15, 0.2) is 24.3 Å². The molecule has 1 heterocycles. The standard InChI is InChI=1S/C15H25N3/c1-13(2)11-14-3-5-15(6-4-14)17-12-18-9-7-16-8-10-18/h3-6,13,16-17H,7-12H2,1-2H3. The number of nitrogens with zero attached hydrogens (tertiary/aromatic N) is 1. The molecular formula is C15H25N3. The van der Waals surface area contributed by atoms with Gasteiger partial charge in [0.15, 0.2) is 0 Å². The van der Waals surface area contributed by atoms with Crippen LogP contribution in [0.4, 0.5) is 5.69 Å². The second-order valence-electron chi connectivity index (χ2n) is 5.50. The lowest BCUT2D eigenvalue weighted by Crippen LogP contribution is -2.45. The number of piperazine rings is 1. The van der Waals surface area contributed by atoms with E-state index in [9.17, 15) is 0 Å². The molecule has 3 nitrogen and oxygen atoms in total. The van der Waals surface area contributed by atoms with Gasteiger partial charge in [-0.25, -0.2) is 0 Å². The summed E-state index contributed by atoms with van der Waals surface area (Å²) < 4.78 is 0. The predicted octanol–water partition coefficient (Wildman–Crippen LogP) is 2.16. The van der Waals surface area contributed by atoms with E-state index in [-0.39, 0.29) is 0 Å². The minimum Gasteiger partial charge on any atom is -0.372 e. The summed E-state index contributed by atoms with van der Waals surface area (Å²) >= 11 is 0. The molecule has 0 aromatic heterocycles. The normalized spacial score (nSPS) is 17.1. The van der Waals surface area contributed by atoms with Crippen LogP contribution in [-0.2, 0) is 6.42 Å². The zero-order chi connectivity index (χ0) is 12.8. The summed E-state index contributed by atoms with van der Waals surface area (Å²) in [5, 5.41) is 6.86. The van der Waals surface area contributed by atoms with Crippen molar-refractivity contribution in [2.75, 3.05) is 38.2 Å². The van der Waals surface area contributed by atoms with Crippen LogP contribution in [-0.4, -0.2) is 37.7 Å². The Morgan fingerprint density at radius 1 is 1.17 bits per heavy atom. The van der Waals surface area contributed by atoms with Crippen LogP contribution in [0.5, 0.6) is 0 Å². The predicted molar refractivity (Wildman–Crippen MR) is 77.9 cm³/mol. The summed E-state index contributed by atoms with van der Waals surface area (Å²) in [6.45, 7) is 9.96. The molecule has 1 aromatic carbocycles. The number of benzene rings is 1. The van der Waals surface area contributed by atoms with E-state index >= 15 is 0 Å². The molecule has 1 saturated heterocycles. The van der Waals surface area contributed by atoms with E-state index in [4.69, 9.17) is 0 Å². The molecule has 0 aliphatic carbocycles. The summed E-state index contributed by atoms with van der Waals surface area (Å²) in [6.07, 6.45) is 1.16. The molecule has 1 aliphatic heterocycles. The van der Waals surface area contributed by atoms with Gasteiger partial charge < -0.3 is 10.6 Å². The number of hydrogen-bond donors (Lipinski definition) is 2. The Labute approximate surface area is 111 Å². The van der Waals surface area contributed by atoms with E-state index < -0.39 is 0 Å². The van der Waals surface area contributed by atoms with Gasteiger partial charge in [-0.2, -0.15) is 0 Å². The maximum absolute atomic E-state index is 3.49. The molecule has 1 aromatic rings. The first-order chi connectivity index (χ1) is 8.74. The summed E-state index contributed by atoms with van der Waals surface area (Å²) in [7, 11) is 0. The van der Waals surface area contributed by atoms with Crippen molar-refractivity contribution in [3.8, 4) is 0 Å². The molecule has 0 bridgehead atoms. The maximum Gasteiger partial charge on any atom is 0.0679 e. The third-order valence-corrected chi connectivity index (χ3v) is 3.31. The third kappa shape index (κ3) is 4.31. The summed E-state index contributed by atoms with van der Waals surface area (Å²) in [6, 6.07) is 8.86. The summed E-state index contributed by atoms with van der Waals surface area (Å²) in [5.41, 5.74) is 2.65. The first-order valence-electron chi connectivity index (χ1n) is 7.00. The number of anilines is 1. The van der Waals surface area contributed by atoms with Crippen molar-refractivity contribution < 1.29 is 0 Å². The SMILES string of the molecule is CC(C)Cc1ccc(NCN2CCNCC2)cc1. The van der Waals surface area contributed by atoms with Crippen molar-refractivity contribution in [3.63, 3.8) is 0 Å². The van der Waals surface area contributed by atoms with Gasteiger partial charge in [-0.3, -0.25) is 4.90 Å². The lowest BCUT2D eigenvalue weighted by molar-refractivity contribution is 0.256. The van der Waals surface area contributed by atoms with E-state index in [1.807, 2.05) is 0 Å². The molecule has 0 radical (unpaired) electrons. The highest BCUT2D eigenvalue weighted by atomic mass is 15.3. The van der Waals surface area contributed by atoms with Gasteiger partial charge in [-0.15, -0.1) is 0 Å². The number of nitrogens with one attached hydrogen (secondary N) is 2. The highest BCUT2D eigenvalue weighted by Gasteiger charge is 2.08. The lowest BCUT2D eigenvalue weighted by atomic mass is 10.0. The molecule has 0 amide bonds. The smallest absolute Gasteiger partial charge is 0.0679 e. The number of rotatable bonds is 5. The molecule has 0 atom stereocenters. The zero-order valence-electron chi connectivity index (χ0n) is 11.6. The van der Waals surface area contributed by atoms with E-state index in [0.717, 1.165) is 45.2 Å². The van der Waals surface area contributed by atoms with Crippen molar-refractivity contribution >= 4 is 5.69 Å². The minimum absolute atomic E-state index is 0.727. The van der Waals surface area contributed by atoms with Gasteiger partial charge in [0.05, 0.1) is 6.67 Å². The molecule has 0 spiro atoms. The highest BCUT2D eigenvalue weighted by molar-refractivity contribution is 5.44. The Kier molecular flexibility index (Phi) is 5.02. The topological polar surface area (TPSA) is 27.3 Å². The molecule has 1 aliphatic rings. The lowest BCUT2D eigenvalue weighted by Gasteiger charge is -2.27. The van der Waals surface area contributed by atoms with Crippen LogP contribution >= 0.6 is 0 Å². The molecule has 0 saturated carbocycles. The van der Waals surface area contributed by atoms with Gasteiger partial charge in [0.1, 0.15) is 0 Å². The van der Waals surface area contributed by atoms with Gasteiger partial charge in [-0.1, -0.05) is 26.0 Å². The molecule has 18 heavy (non-hydrogen) atoms. The van der Waals surface area contributed by atoms with Crippen LogP contribution in [0.2, 0.25) is 0 Å². The largest absolute Gasteiger partial charge is 0.372 e. The van der Waals surface area contributed by atoms with E-state index in [0.29, 0.717) is 0 Å². The molecule has 2 rings (SSSR count). The van der Waals surface area contributed by atoms with Crippen molar-refractivity contribution in [1.29, 1.82) is 0 Å². The van der Waals surface area contributed by atoms with Crippen molar-refractivity contribution in [1.82, 2.24) is 10.2 Å². The maximum atomic E-state index is 3.49. The fourth-order valence-corrected chi connectivity index (χ4v) is 2.30. The molecular weight excluding hydrogens is 222 g/mol. The van der Waals surface area contributed by atoms with Gasteiger partial charge in [0.25, 0.3) is 0 Å². The van der Waals surface area contributed by atoms with Crippen molar-refractivity contribution in [3.05, 3.63) is 29.8 Å². The average molecular weight is 247 g/mol. The van der Waals surface area contributed by atoms with Crippen LogP contribution in [0.1, 0.15) is 19.4 Å². The van der Waals surface area contributed by atoms with Gasteiger partial charge in [0.2, 0.25) is 0 Å². The molecule has 1 fully saturated rings. The van der Waals surface area contributed by atoms with Gasteiger partial charge >= 0.3 is 0 Å². The summed E-state index contributed by atoms with van der Waals surface area (Å²) in [4.78, 5) is 2.44. The second-order valence-corrected chi connectivity index (χ2v) is 5.50. The van der Waals surface area contributed by atoms with Gasteiger partial charge in [0, 0.05) is 31.9 Å². The first-order valence-corrected chi connectivity index (χ1v) is 7.00. The Hall–Kier alpha value is -1.06. The minimum atomic E-state index is 0.727. The zero-order valence-corrected chi connectivity index (χ0v) is 11.6. The van der Waals surface area contributed by atoms with Crippen molar-refractivity contribution in [2.24, 2.45) is 5.92 Å². The Morgan fingerprint density at radius 3 is 2.44 bits per heavy atom. The highest BCUT2D eigenvalue weighted by Crippen LogP contribution is 2.13. The quantitative estimate of drug-likeness (QED) is 0.835. The Balaban J connectivity index is 1.78. The van der Waals surface area contributed by atoms with Gasteiger partial charge in [-0.05, 0) is 30.0 Å². The average Bonchev–Trinajstić information content (AvgIpc) is 2.38. The Bertz CT molecular complexity index is 339. The summed E-state index contributed by atoms with van der Waals surface area (Å²) in [5.74, 6) is 0.727. The molecule has 0 unspecified atom stereocenters. The first kappa shape index (κ1) is 13.4. The monoisotopic (exact) mass is 247 g/mol. The van der Waals surface area contributed by atoms with Crippen LogP contribution < -0.4 is 10.6 Å². The fraction of sp³-hybridized carbons (Fsp3) is 0.600.